The van der Waals surface area contributed by atoms with Crippen molar-refractivity contribution in [2.45, 2.75) is 13.5 Å². The number of halogens is 1. The van der Waals surface area contributed by atoms with Crippen molar-refractivity contribution in [3.8, 4) is 11.1 Å². The van der Waals surface area contributed by atoms with E-state index in [1.54, 1.807) is 18.3 Å². The van der Waals surface area contributed by atoms with Crippen LogP contribution in [0.3, 0.4) is 0 Å². The summed E-state index contributed by atoms with van der Waals surface area (Å²) in [5.41, 5.74) is 5.35. The minimum absolute atomic E-state index is 0.199. The lowest BCUT2D eigenvalue weighted by Gasteiger charge is -2.09. The lowest BCUT2D eigenvalue weighted by atomic mass is 10.0. The molecule has 2 N–H and O–H groups in total. The van der Waals surface area contributed by atoms with Gasteiger partial charge in [0.2, 0.25) is 0 Å². The molecule has 0 aliphatic rings. The zero-order valence-corrected chi connectivity index (χ0v) is 16.9. The number of carbonyl (C=O) groups is 1. The number of hydrogen-bond donors (Lipinski definition) is 2. The minimum Gasteiger partial charge on any atom is -0.354 e. The average Bonchev–Trinajstić information content (AvgIpc) is 3.15. The number of fused-ring (bicyclic) bond motifs is 3. The Bertz CT molecular complexity index is 1440. The number of para-hydroxylation sites is 1. The van der Waals surface area contributed by atoms with Crippen LogP contribution in [0.4, 0.5) is 4.39 Å². The molecule has 0 radical (unpaired) electrons. The zero-order valence-electron chi connectivity index (χ0n) is 16.9. The van der Waals surface area contributed by atoms with Crippen LogP contribution in [0.2, 0.25) is 0 Å². The summed E-state index contributed by atoms with van der Waals surface area (Å²) in [6, 6.07) is 22.3. The van der Waals surface area contributed by atoms with E-state index in [0.29, 0.717) is 16.7 Å². The number of H-pyrrole nitrogens is 1. The third-order valence-corrected chi connectivity index (χ3v) is 5.46. The van der Waals surface area contributed by atoms with Gasteiger partial charge in [-0.2, -0.15) is 0 Å². The fraction of sp³-hybridized carbons (Fsp3) is 0.0769. The van der Waals surface area contributed by atoms with E-state index in [1.807, 2.05) is 55.5 Å². The molecule has 0 aliphatic heterocycles. The highest BCUT2D eigenvalue weighted by molar-refractivity contribution is 6.09. The number of rotatable bonds is 4. The lowest BCUT2D eigenvalue weighted by molar-refractivity contribution is 0.0951. The van der Waals surface area contributed by atoms with Gasteiger partial charge in [0.1, 0.15) is 5.82 Å². The summed E-state index contributed by atoms with van der Waals surface area (Å²) in [6.45, 7) is 2.12. The summed E-state index contributed by atoms with van der Waals surface area (Å²) in [5, 5.41) is 5.09. The summed E-state index contributed by atoms with van der Waals surface area (Å²) in [7, 11) is 0. The molecule has 4 nitrogen and oxygen atoms in total. The molecule has 5 heteroatoms. The highest BCUT2D eigenvalue weighted by atomic mass is 19.1. The number of aromatic nitrogens is 2. The van der Waals surface area contributed by atoms with Crippen molar-refractivity contribution in [3.63, 3.8) is 0 Å². The van der Waals surface area contributed by atoms with Gasteiger partial charge in [0.05, 0.1) is 0 Å². The third-order valence-electron chi connectivity index (χ3n) is 5.46. The second kappa shape index (κ2) is 7.69. The number of benzene rings is 3. The normalized spacial score (nSPS) is 11.2. The van der Waals surface area contributed by atoms with E-state index in [4.69, 9.17) is 0 Å². The molecular weight excluding hydrogens is 389 g/mol. The second-order valence-corrected chi connectivity index (χ2v) is 7.61. The lowest BCUT2D eigenvalue weighted by Crippen LogP contribution is -2.22. The second-order valence-electron chi connectivity index (χ2n) is 7.61. The van der Waals surface area contributed by atoms with Crippen LogP contribution in [-0.4, -0.2) is 15.9 Å². The third kappa shape index (κ3) is 3.66. The fourth-order valence-corrected chi connectivity index (χ4v) is 3.90. The number of carbonyl (C=O) groups excluding carboxylic acids is 1. The van der Waals surface area contributed by atoms with Gasteiger partial charge in [-0.15, -0.1) is 0 Å². The quantitative estimate of drug-likeness (QED) is 0.396. The van der Waals surface area contributed by atoms with Gasteiger partial charge in [0.15, 0.2) is 0 Å². The number of nitrogens with one attached hydrogen (secondary N) is 2. The van der Waals surface area contributed by atoms with Crippen molar-refractivity contribution in [2.75, 3.05) is 0 Å². The Morgan fingerprint density at radius 3 is 2.65 bits per heavy atom. The molecule has 0 spiro atoms. The molecule has 0 saturated heterocycles. The summed E-state index contributed by atoms with van der Waals surface area (Å²) in [5.74, 6) is -0.522. The molecule has 0 atom stereocenters. The molecule has 2 aromatic heterocycles. The average molecular weight is 409 g/mol. The highest BCUT2D eigenvalue weighted by Gasteiger charge is 2.11. The Balaban J connectivity index is 1.33. The van der Waals surface area contributed by atoms with Crippen LogP contribution < -0.4 is 5.32 Å². The van der Waals surface area contributed by atoms with Gasteiger partial charge < -0.3 is 10.3 Å². The minimum atomic E-state index is -0.322. The van der Waals surface area contributed by atoms with Crippen LogP contribution >= 0.6 is 0 Å². The topological polar surface area (TPSA) is 57.8 Å². The van der Waals surface area contributed by atoms with Gasteiger partial charge in [-0.05, 0) is 54.4 Å². The van der Waals surface area contributed by atoms with Crippen molar-refractivity contribution < 1.29 is 9.18 Å². The first kappa shape index (κ1) is 19.0. The van der Waals surface area contributed by atoms with Crippen LogP contribution in [-0.2, 0) is 6.54 Å². The number of hydrogen-bond acceptors (Lipinski definition) is 2. The summed E-state index contributed by atoms with van der Waals surface area (Å²) in [6.07, 6.45) is 1.67. The van der Waals surface area contributed by atoms with Crippen LogP contribution in [0.1, 0.15) is 21.6 Å². The molecule has 31 heavy (non-hydrogen) atoms. The molecule has 5 rings (SSSR count). The van der Waals surface area contributed by atoms with Gasteiger partial charge in [-0.25, -0.2) is 4.39 Å². The largest absolute Gasteiger partial charge is 0.354 e. The van der Waals surface area contributed by atoms with E-state index in [9.17, 15) is 9.18 Å². The van der Waals surface area contributed by atoms with E-state index in [1.165, 1.54) is 6.07 Å². The number of aromatic amines is 1. The predicted molar refractivity (Wildman–Crippen MR) is 121 cm³/mol. The molecule has 0 unspecified atom stereocenters. The molecule has 1 amide bonds. The standard InChI is InChI=1S/C26H20FN3O/c1-16-12-18(10-11-28-16)20-8-6-17(13-23(20)27)15-29-26(31)19-7-9-22-21-4-2-3-5-24(21)30-25(22)14-19/h2-14,30H,15H2,1H3,(H,29,31). The summed E-state index contributed by atoms with van der Waals surface area (Å²) < 4.78 is 14.7. The highest BCUT2D eigenvalue weighted by Crippen LogP contribution is 2.26. The SMILES string of the molecule is Cc1cc(-c2ccc(CNC(=O)c3ccc4c(c3)[nH]c3ccccc34)cc2F)ccn1. The van der Waals surface area contributed by atoms with Crippen LogP contribution in [0.5, 0.6) is 0 Å². The van der Waals surface area contributed by atoms with Crippen molar-refractivity contribution >= 4 is 27.7 Å². The first-order chi connectivity index (χ1) is 15.1. The Kier molecular flexibility index (Phi) is 4.71. The predicted octanol–water partition coefficient (Wildman–Crippen LogP) is 5.76. The molecule has 152 valence electrons. The van der Waals surface area contributed by atoms with Crippen LogP contribution in [0.15, 0.2) is 79.0 Å². The van der Waals surface area contributed by atoms with Gasteiger partial charge in [0.25, 0.3) is 5.91 Å². The molecule has 0 saturated carbocycles. The Morgan fingerprint density at radius 1 is 0.968 bits per heavy atom. The van der Waals surface area contributed by atoms with Crippen molar-refractivity contribution in [3.05, 3.63) is 102 Å². The summed E-state index contributed by atoms with van der Waals surface area (Å²) >= 11 is 0. The van der Waals surface area contributed by atoms with E-state index in [-0.39, 0.29) is 18.3 Å². The Labute approximate surface area is 178 Å². The van der Waals surface area contributed by atoms with Gasteiger partial charge in [0, 0.05) is 51.4 Å². The number of pyridine rings is 1. The molecule has 2 heterocycles. The van der Waals surface area contributed by atoms with Gasteiger partial charge in [-0.1, -0.05) is 36.4 Å². The van der Waals surface area contributed by atoms with E-state index < -0.39 is 0 Å². The maximum absolute atomic E-state index is 14.7. The maximum atomic E-state index is 14.7. The Morgan fingerprint density at radius 2 is 1.81 bits per heavy atom. The molecule has 0 aliphatic carbocycles. The number of aryl methyl sites for hydroxylation is 1. The molecule has 0 fully saturated rings. The molecule has 0 bridgehead atoms. The summed E-state index contributed by atoms with van der Waals surface area (Å²) in [4.78, 5) is 20.2. The zero-order chi connectivity index (χ0) is 21.4. The van der Waals surface area contributed by atoms with Gasteiger partial charge >= 0.3 is 0 Å². The number of nitrogens with zero attached hydrogens (tertiary/aromatic N) is 1. The van der Waals surface area contributed by atoms with E-state index in [2.05, 4.69) is 21.4 Å². The Hall–Kier alpha value is -3.99. The monoisotopic (exact) mass is 409 g/mol. The van der Waals surface area contributed by atoms with E-state index >= 15 is 0 Å². The van der Waals surface area contributed by atoms with E-state index in [0.717, 1.165) is 33.1 Å². The fourth-order valence-electron chi connectivity index (χ4n) is 3.90. The smallest absolute Gasteiger partial charge is 0.251 e. The van der Waals surface area contributed by atoms with Gasteiger partial charge in [-0.3, -0.25) is 9.78 Å². The first-order valence-corrected chi connectivity index (χ1v) is 10.1. The van der Waals surface area contributed by atoms with Crippen molar-refractivity contribution in [2.24, 2.45) is 0 Å². The van der Waals surface area contributed by atoms with Crippen molar-refractivity contribution in [1.82, 2.24) is 15.3 Å². The molecule has 3 aromatic carbocycles. The van der Waals surface area contributed by atoms with Crippen LogP contribution in [0.25, 0.3) is 32.9 Å². The van der Waals surface area contributed by atoms with Crippen LogP contribution in [0, 0.1) is 12.7 Å². The first-order valence-electron chi connectivity index (χ1n) is 10.1. The maximum Gasteiger partial charge on any atom is 0.251 e. The van der Waals surface area contributed by atoms with Crippen molar-refractivity contribution in [1.29, 1.82) is 0 Å². The molecule has 5 aromatic rings. The molecular formula is C26H20FN3O. The number of amides is 1.